The van der Waals surface area contributed by atoms with Crippen LogP contribution in [0, 0.1) is 5.82 Å². The number of rotatable bonds is 8. The van der Waals surface area contributed by atoms with Gasteiger partial charge in [-0.05, 0) is 44.0 Å². The van der Waals surface area contributed by atoms with Crippen molar-refractivity contribution in [1.82, 2.24) is 14.9 Å². The molecular weight excluding hydrogens is 329 g/mol. The molecule has 1 saturated heterocycles. The number of benzene rings is 1. The zero-order valence-electron chi connectivity index (χ0n) is 15.5. The summed E-state index contributed by atoms with van der Waals surface area (Å²) in [5.41, 5.74) is 8.27. The van der Waals surface area contributed by atoms with Crippen LogP contribution >= 0.6 is 0 Å². The van der Waals surface area contributed by atoms with Crippen molar-refractivity contribution >= 4 is 11.8 Å². The van der Waals surface area contributed by atoms with Gasteiger partial charge in [0.1, 0.15) is 11.6 Å². The normalized spacial score (nSPS) is 14.7. The molecule has 3 N–H and O–H groups in total. The minimum Gasteiger partial charge on any atom is -0.370 e. The molecule has 0 spiro atoms. The van der Waals surface area contributed by atoms with Gasteiger partial charge in [-0.2, -0.15) is 4.98 Å². The summed E-state index contributed by atoms with van der Waals surface area (Å²) in [6, 6.07) is 7.39. The molecule has 6 heteroatoms. The molecule has 1 fully saturated rings. The fourth-order valence-corrected chi connectivity index (χ4v) is 3.31. The Morgan fingerprint density at radius 1 is 1.19 bits per heavy atom. The second-order valence-electron chi connectivity index (χ2n) is 6.97. The average molecular weight is 357 g/mol. The van der Waals surface area contributed by atoms with Crippen molar-refractivity contribution < 1.29 is 4.39 Å². The van der Waals surface area contributed by atoms with Crippen molar-refractivity contribution in [3.8, 4) is 0 Å². The van der Waals surface area contributed by atoms with Crippen LogP contribution in [0.1, 0.15) is 49.4 Å². The smallest absolute Gasteiger partial charge is 0.222 e. The van der Waals surface area contributed by atoms with Crippen LogP contribution in [-0.4, -0.2) is 34.5 Å². The van der Waals surface area contributed by atoms with Gasteiger partial charge in [-0.25, -0.2) is 9.37 Å². The van der Waals surface area contributed by atoms with E-state index in [0.717, 1.165) is 55.1 Å². The number of hydrogen-bond donors (Lipinski definition) is 2. The highest BCUT2D eigenvalue weighted by Crippen LogP contribution is 2.19. The SMILES string of the molecule is CCCCNc1cc(Cc2ccc(CN3CCCC3)c(F)c2)nc(N)n1. The van der Waals surface area contributed by atoms with E-state index in [9.17, 15) is 4.39 Å². The highest BCUT2D eigenvalue weighted by Gasteiger charge is 2.14. The number of hydrogen-bond acceptors (Lipinski definition) is 5. The third-order valence-corrected chi connectivity index (χ3v) is 4.73. The molecule has 26 heavy (non-hydrogen) atoms. The molecule has 1 aromatic heterocycles. The lowest BCUT2D eigenvalue weighted by Crippen LogP contribution is -2.19. The maximum Gasteiger partial charge on any atom is 0.222 e. The fraction of sp³-hybridized carbons (Fsp3) is 0.500. The van der Waals surface area contributed by atoms with Gasteiger partial charge in [0.25, 0.3) is 0 Å². The van der Waals surface area contributed by atoms with Crippen LogP contribution in [0.5, 0.6) is 0 Å². The van der Waals surface area contributed by atoms with Crippen molar-refractivity contribution in [2.75, 3.05) is 30.7 Å². The van der Waals surface area contributed by atoms with E-state index in [1.54, 1.807) is 6.07 Å². The molecule has 2 heterocycles. The Hall–Kier alpha value is -2.21. The first kappa shape index (κ1) is 18.6. The average Bonchev–Trinajstić information content (AvgIpc) is 3.10. The molecule has 0 amide bonds. The zero-order chi connectivity index (χ0) is 18.4. The van der Waals surface area contributed by atoms with Crippen LogP contribution in [0.15, 0.2) is 24.3 Å². The van der Waals surface area contributed by atoms with Crippen LogP contribution in [0.3, 0.4) is 0 Å². The van der Waals surface area contributed by atoms with E-state index < -0.39 is 0 Å². The molecule has 140 valence electrons. The summed E-state index contributed by atoms with van der Waals surface area (Å²) >= 11 is 0. The van der Waals surface area contributed by atoms with E-state index in [0.29, 0.717) is 13.0 Å². The molecule has 0 aliphatic carbocycles. The minimum atomic E-state index is -0.141. The second-order valence-corrected chi connectivity index (χ2v) is 6.97. The van der Waals surface area contributed by atoms with Gasteiger partial charge < -0.3 is 11.1 Å². The van der Waals surface area contributed by atoms with Gasteiger partial charge in [0.2, 0.25) is 5.95 Å². The van der Waals surface area contributed by atoms with Crippen molar-refractivity contribution in [2.45, 2.75) is 45.6 Å². The summed E-state index contributed by atoms with van der Waals surface area (Å²) in [5.74, 6) is 0.831. The van der Waals surface area contributed by atoms with Crippen molar-refractivity contribution in [2.24, 2.45) is 0 Å². The van der Waals surface area contributed by atoms with Crippen molar-refractivity contribution in [1.29, 1.82) is 0 Å². The summed E-state index contributed by atoms with van der Waals surface area (Å²) in [6.07, 6.45) is 5.15. The summed E-state index contributed by atoms with van der Waals surface area (Å²) in [6.45, 7) is 5.82. The maximum absolute atomic E-state index is 14.5. The second kappa shape index (κ2) is 8.94. The van der Waals surface area contributed by atoms with Gasteiger partial charge in [-0.1, -0.05) is 25.5 Å². The van der Waals surface area contributed by atoms with Crippen LogP contribution in [-0.2, 0) is 13.0 Å². The third-order valence-electron chi connectivity index (χ3n) is 4.73. The number of nitrogens with one attached hydrogen (secondary N) is 1. The fourth-order valence-electron chi connectivity index (χ4n) is 3.31. The largest absolute Gasteiger partial charge is 0.370 e. The van der Waals surface area contributed by atoms with Gasteiger partial charge in [0, 0.05) is 31.1 Å². The van der Waals surface area contributed by atoms with E-state index in [4.69, 9.17) is 5.73 Å². The number of nitrogens with zero attached hydrogens (tertiary/aromatic N) is 3. The molecule has 3 rings (SSSR count). The molecule has 0 saturated carbocycles. The van der Waals surface area contributed by atoms with Gasteiger partial charge >= 0.3 is 0 Å². The Kier molecular flexibility index (Phi) is 6.39. The molecular formula is C20H28FN5. The number of nitrogens with two attached hydrogens (primary N) is 1. The predicted octanol–water partition coefficient (Wildman–Crippen LogP) is 3.60. The lowest BCUT2D eigenvalue weighted by Gasteiger charge is -2.15. The number of nitrogen functional groups attached to an aromatic ring is 1. The monoisotopic (exact) mass is 357 g/mol. The van der Waals surface area contributed by atoms with Crippen molar-refractivity contribution in [3.63, 3.8) is 0 Å². The third kappa shape index (κ3) is 5.14. The lowest BCUT2D eigenvalue weighted by atomic mass is 10.1. The van der Waals surface area contributed by atoms with Crippen LogP contribution in [0.25, 0.3) is 0 Å². The van der Waals surface area contributed by atoms with Gasteiger partial charge in [0.05, 0.1) is 5.69 Å². The molecule has 5 nitrogen and oxygen atoms in total. The molecule has 0 radical (unpaired) electrons. The van der Waals surface area contributed by atoms with Crippen LogP contribution in [0.4, 0.5) is 16.2 Å². The van der Waals surface area contributed by atoms with E-state index in [1.165, 1.54) is 12.8 Å². The zero-order valence-corrected chi connectivity index (χ0v) is 15.5. The highest BCUT2D eigenvalue weighted by atomic mass is 19.1. The number of aromatic nitrogens is 2. The number of anilines is 2. The number of unbranched alkanes of at least 4 members (excludes halogenated alkanes) is 1. The molecule has 2 aromatic rings. The maximum atomic E-state index is 14.5. The molecule has 1 aliphatic heterocycles. The first-order chi connectivity index (χ1) is 12.6. The van der Waals surface area contributed by atoms with Gasteiger partial charge in [0.15, 0.2) is 0 Å². The lowest BCUT2D eigenvalue weighted by molar-refractivity contribution is 0.325. The van der Waals surface area contributed by atoms with E-state index >= 15 is 0 Å². The van der Waals surface area contributed by atoms with E-state index in [1.807, 2.05) is 18.2 Å². The Balaban J connectivity index is 1.67. The summed E-state index contributed by atoms with van der Waals surface area (Å²) in [4.78, 5) is 10.8. The highest BCUT2D eigenvalue weighted by molar-refractivity contribution is 5.42. The molecule has 1 aliphatic rings. The summed E-state index contributed by atoms with van der Waals surface area (Å²) in [7, 11) is 0. The first-order valence-corrected chi connectivity index (χ1v) is 9.51. The Labute approximate surface area is 154 Å². The van der Waals surface area contributed by atoms with Gasteiger partial charge in [-0.15, -0.1) is 0 Å². The standard InChI is InChI=1S/C20H28FN5/c1-2-3-8-23-19-13-17(24-20(22)25-19)11-15-6-7-16(18(21)12-15)14-26-9-4-5-10-26/h6-7,12-13H,2-5,8-11,14H2,1H3,(H3,22,23,24,25). The number of halogens is 1. The van der Waals surface area contributed by atoms with Gasteiger partial charge in [-0.3, -0.25) is 4.90 Å². The molecule has 1 aromatic carbocycles. The Morgan fingerprint density at radius 2 is 2.00 bits per heavy atom. The Morgan fingerprint density at radius 3 is 2.73 bits per heavy atom. The first-order valence-electron chi connectivity index (χ1n) is 9.51. The number of likely N-dealkylation sites (tertiary alicyclic amines) is 1. The van der Waals surface area contributed by atoms with E-state index in [-0.39, 0.29) is 11.8 Å². The minimum absolute atomic E-state index is 0.141. The molecule has 0 unspecified atom stereocenters. The summed E-state index contributed by atoms with van der Waals surface area (Å²) < 4.78 is 14.5. The van der Waals surface area contributed by atoms with Crippen LogP contribution in [0.2, 0.25) is 0 Å². The molecule has 0 bridgehead atoms. The predicted molar refractivity (Wildman–Crippen MR) is 104 cm³/mol. The quantitative estimate of drug-likeness (QED) is 0.707. The van der Waals surface area contributed by atoms with Crippen LogP contribution < -0.4 is 11.1 Å². The topological polar surface area (TPSA) is 67.1 Å². The Bertz CT molecular complexity index is 728. The molecule has 0 atom stereocenters. The van der Waals surface area contributed by atoms with Crippen molar-refractivity contribution in [3.05, 3.63) is 46.9 Å². The van der Waals surface area contributed by atoms with E-state index in [2.05, 4.69) is 27.1 Å². The summed E-state index contributed by atoms with van der Waals surface area (Å²) in [5, 5.41) is 3.26.